The van der Waals surface area contributed by atoms with Crippen LogP contribution in [0.4, 0.5) is 0 Å². The van der Waals surface area contributed by atoms with E-state index in [0.29, 0.717) is 19.4 Å². The van der Waals surface area contributed by atoms with E-state index in [1.54, 1.807) is 0 Å². The predicted octanol–water partition coefficient (Wildman–Crippen LogP) is 3.49. The summed E-state index contributed by atoms with van der Waals surface area (Å²) in [7, 11) is 0. The lowest BCUT2D eigenvalue weighted by atomic mass is 9.85. The van der Waals surface area contributed by atoms with Crippen LogP contribution in [0.2, 0.25) is 0 Å². The van der Waals surface area contributed by atoms with Gasteiger partial charge in [0.2, 0.25) is 0 Å². The van der Waals surface area contributed by atoms with Gasteiger partial charge in [0, 0.05) is 12.8 Å². The molecule has 0 amide bonds. The summed E-state index contributed by atoms with van der Waals surface area (Å²) >= 11 is 0. The zero-order valence-corrected chi connectivity index (χ0v) is 12.4. The van der Waals surface area contributed by atoms with E-state index in [-0.39, 0.29) is 5.97 Å². The maximum atomic E-state index is 11.3. The van der Waals surface area contributed by atoms with Crippen LogP contribution < -0.4 is 0 Å². The molecule has 0 aromatic heterocycles. The van der Waals surface area contributed by atoms with Gasteiger partial charge in [-0.15, -0.1) is 0 Å². The van der Waals surface area contributed by atoms with Gasteiger partial charge in [0.05, 0.1) is 6.61 Å². The molecule has 1 atom stereocenters. The fraction of sp³-hybridized carbons (Fsp3) is 0.389. The first-order chi connectivity index (χ1) is 10.1. The van der Waals surface area contributed by atoms with Crippen LogP contribution in [0.25, 0.3) is 0 Å². The molecule has 1 aromatic carbocycles. The van der Waals surface area contributed by atoms with Crippen LogP contribution in [-0.4, -0.2) is 17.7 Å². The molecule has 0 heterocycles. The standard InChI is InChI=1S/C18H22O3/c1-2-21-17(19)10-6-7-15-11-13-18(20,14-12-15)16-8-4-3-5-9-16/h3-5,8-9,11-13,20H,2,6-7,10,14H2,1H3. The van der Waals surface area contributed by atoms with Gasteiger partial charge in [-0.05, 0) is 31.4 Å². The van der Waals surface area contributed by atoms with Crippen molar-refractivity contribution < 1.29 is 14.6 Å². The Bertz CT molecular complexity index is 531. The van der Waals surface area contributed by atoms with Gasteiger partial charge in [-0.2, -0.15) is 0 Å². The molecule has 3 heteroatoms. The second-order valence-corrected chi connectivity index (χ2v) is 5.27. The first-order valence-corrected chi connectivity index (χ1v) is 7.46. The number of aliphatic hydroxyl groups is 1. The third-order valence-corrected chi connectivity index (χ3v) is 3.67. The topological polar surface area (TPSA) is 46.5 Å². The summed E-state index contributed by atoms with van der Waals surface area (Å²) in [5.41, 5.74) is 1.16. The maximum Gasteiger partial charge on any atom is 0.305 e. The van der Waals surface area contributed by atoms with Gasteiger partial charge in [0.1, 0.15) is 5.60 Å². The van der Waals surface area contributed by atoms with Crippen molar-refractivity contribution in [2.24, 2.45) is 0 Å². The van der Waals surface area contributed by atoms with Crippen molar-refractivity contribution in [2.75, 3.05) is 6.61 Å². The van der Waals surface area contributed by atoms with Gasteiger partial charge in [-0.1, -0.05) is 48.1 Å². The summed E-state index contributed by atoms with van der Waals surface area (Å²) in [4.78, 5) is 11.3. The number of esters is 1. The predicted molar refractivity (Wildman–Crippen MR) is 82.7 cm³/mol. The van der Waals surface area contributed by atoms with Crippen LogP contribution >= 0.6 is 0 Å². The molecule has 0 saturated heterocycles. The smallest absolute Gasteiger partial charge is 0.305 e. The Labute approximate surface area is 125 Å². The third-order valence-electron chi connectivity index (χ3n) is 3.67. The van der Waals surface area contributed by atoms with Crippen molar-refractivity contribution in [3.8, 4) is 0 Å². The Balaban J connectivity index is 1.86. The molecule has 0 spiro atoms. The van der Waals surface area contributed by atoms with Gasteiger partial charge in [0.25, 0.3) is 0 Å². The molecule has 1 unspecified atom stereocenters. The fourth-order valence-corrected chi connectivity index (χ4v) is 2.46. The number of ether oxygens (including phenoxy) is 1. The van der Waals surface area contributed by atoms with Crippen molar-refractivity contribution in [1.82, 2.24) is 0 Å². The Kier molecular flexibility index (Phi) is 5.34. The van der Waals surface area contributed by atoms with Crippen LogP contribution in [-0.2, 0) is 15.1 Å². The molecular weight excluding hydrogens is 264 g/mol. The summed E-state index contributed by atoms with van der Waals surface area (Å²) in [6.07, 6.45) is 8.49. The van der Waals surface area contributed by atoms with Gasteiger partial charge in [-0.25, -0.2) is 0 Å². The van der Waals surface area contributed by atoms with E-state index in [4.69, 9.17) is 4.74 Å². The van der Waals surface area contributed by atoms with Gasteiger partial charge >= 0.3 is 5.97 Å². The number of carbonyl (C=O) groups excluding carboxylic acids is 1. The fourth-order valence-electron chi connectivity index (χ4n) is 2.46. The number of hydrogen-bond donors (Lipinski definition) is 1. The number of benzene rings is 1. The number of hydrogen-bond acceptors (Lipinski definition) is 3. The van der Waals surface area contributed by atoms with E-state index in [1.807, 2.05) is 49.4 Å². The highest BCUT2D eigenvalue weighted by molar-refractivity contribution is 5.69. The molecule has 0 saturated carbocycles. The highest BCUT2D eigenvalue weighted by atomic mass is 16.5. The number of allylic oxidation sites excluding steroid dienone is 2. The maximum absolute atomic E-state index is 11.3. The molecule has 1 N–H and O–H groups in total. The van der Waals surface area contributed by atoms with E-state index in [0.717, 1.165) is 18.4 Å². The molecule has 0 fully saturated rings. The highest BCUT2D eigenvalue weighted by Gasteiger charge is 2.26. The Morgan fingerprint density at radius 3 is 2.71 bits per heavy atom. The number of rotatable bonds is 6. The Hall–Kier alpha value is -1.87. The number of carbonyl (C=O) groups is 1. The lowest BCUT2D eigenvalue weighted by Crippen LogP contribution is -2.23. The summed E-state index contributed by atoms with van der Waals surface area (Å²) < 4.78 is 4.91. The van der Waals surface area contributed by atoms with E-state index in [1.165, 1.54) is 5.57 Å². The molecule has 2 rings (SSSR count). The van der Waals surface area contributed by atoms with E-state index < -0.39 is 5.60 Å². The Morgan fingerprint density at radius 1 is 1.33 bits per heavy atom. The molecule has 1 aromatic rings. The molecular formula is C18H22O3. The first-order valence-electron chi connectivity index (χ1n) is 7.46. The third kappa shape index (κ3) is 4.30. The molecule has 112 valence electrons. The van der Waals surface area contributed by atoms with Crippen molar-refractivity contribution in [2.45, 2.75) is 38.2 Å². The van der Waals surface area contributed by atoms with Gasteiger partial charge in [0.15, 0.2) is 0 Å². The van der Waals surface area contributed by atoms with E-state index >= 15 is 0 Å². The van der Waals surface area contributed by atoms with Crippen LogP contribution in [0.5, 0.6) is 0 Å². The average molecular weight is 286 g/mol. The zero-order chi connectivity index (χ0) is 15.1. The van der Waals surface area contributed by atoms with Crippen LogP contribution in [0.1, 0.15) is 38.2 Å². The largest absolute Gasteiger partial charge is 0.466 e. The molecule has 1 aliphatic rings. The van der Waals surface area contributed by atoms with Crippen molar-refractivity contribution in [3.63, 3.8) is 0 Å². The van der Waals surface area contributed by atoms with Gasteiger partial charge in [-0.3, -0.25) is 4.79 Å². The molecule has 21 heavy (non-hydrogen) atoms. The minimum Gasteiger partial charge on any atom is -0.466 e. The molecule has 3 nitrogen and oxygen atoms in total. The van der Waals surface area contributed by atoms with E-state index in [2.05, 4.69) is 6.08 Å². The highest BCUT2D eigenvalue weighted by Crippen LogP contribution is 2.32. The molecule has 0 bridgehead atoms. The normalized spacial score (nSPS) is 21.0. The lowest BCUT2D eigenvalue weighted by Gasteiger charge is -2.27. The first kappa shape index (κ1) is 15.5. The van der Waals surface area contributed by atoms with Crippen molar-refractivity contribution in [3.05, 3.63) is 59.7 Å². The summed E-state index contributed by atoms with van der Waals surface area (Å²) in [5.74, 6) is -0.140. The quantitative estimate of drug-likeness (QED) is 0.814. The molecule has 0 aliphatic heterocycles. The van der Waals surface area contributed by atoms with Gasteiger partial charge < -0.3 is 9.84 Å². The minimum absolute atomic E-state index is 0.140. The molecule has 0 radical (unpaired) electrons. The Morgan fingerprint density at radius 2 is 2.10 bits per heavy atom. The molecule has 1 aliphatic carbocycles. The summed E-state index contributed by atoms with van der Waals surface area (Å²) in [6.45, 7) is 2.25. The van der Waals surface area contributed by atoms with Crippen LogP contribution in [0, 0.1) is 0 Å². The summed E-state index contributed by atoms with van der Waals surface area (Å²) in [6, 6.07) is 9.67. The monoisotopic (exact) mass is 286 g/mol. The second kappa shape index (κ2) is 7.23. The van der Waals surface area contributed by atoms with Crippen molar-refractivity contribution in [1.29, 1.82) is 0 Å². The van der Waals surface area contributed by atoms with Crippen molar-refractivity contribution >= 4 is 5.97 Å². The average Bonchev–Trinajstić information content (AvgIpc) is 2.51. The minimum atomic E-state index is -0.911. The zero-order valence-electron chi connectivity index (χ0n) is 12.4. The van der Waals surface area contributed by atoms with E-state index in [9.17, 15) is 9.90 Å². The lowest BCUT2D eigenvalue weighted by molar-refractivity contribution is -0.143. The van der Waals surface area contributed by atoms with Crippen LogP contribution in [0.15, 0.2) is 54.1 Å². The second-order valence-electron chi connectivity index (χ2n) is 5.27. The summed E-state index contributed by atoms with van der Waals surface area (Å²) in [5, 5.41) is 10.6. The SMILES string of the molecule is CCOC(=O)CCCC1=CCC(O)(c2ccccc2)C=C1. The van der Waals surface area contributed by atoms with Crippen LogP contribution in [0.3, 0.4) is 0 Å².